The molecule has 0 aliphatic carbocycles. The van der Waals surface area contributed by atoms with E-state index in [0.717, 1.165) is 5.56 Å². The molecule has 5 N–H and O–H groups in total. The number of nitrogens with zero attached hydrogens (tertiary/aromatic N) is 1. The Morgan fingerprint density at radius 1 is 0.900 bits per heavy atom. The number of hydrogen-bond donors (Lipinski definition) is 5. The second-order valence-electron chi connectivity index (χ2n) is 3.83. The van der Waals surface area contributed by atoms with E-state index in [9.17, 15) is 0 Å². The van der Waals surface area contributed by atoms with E-state index in [4.69, 9.17) is 24.7 Å². The van der Waals surface area contributed by atoms with E-state index in [-0.39, 0.29) is 19.2 Å². The van der Waals surface area contributed by atoms with Crippen LogP contribution in [0.1, 0.15) is 5.56 Å². The summed E-state index contributed by atoms with van der Waals surface area (Å²) in [7, 11) is -4.96. The summed E-state index contributed by atoms with van der Waals surface area (Å²) in [5, 5.41) is 9.17. The molecule has 1 aromatic rings. The summed E-state index contributed by atoms with van der Waals surface area (Å²) in [4.78, 5) is 36.3. The Morgan fingerprint density at radius 3 is 1.85 bits per heavy atom. The summed E-state index contributed by atoms with van der Waals surface area (Å²) in [5.74, 6) is 0.176. The van der Waals surface area contributed by atoms with E-state index in [0.29, 0.717) is 13.0 Å². The summed E-state index contributed by atoms with van der Waals surface area (Å²) in [6.45, 7) is 0.219. The SMILES string of the molecule is Oc1ccc(CCN(COP(O)O)COP(O)O)cc1. The van der Waals surface area contributed by atoms with Crippen LogP contribution in [0.2, 0.25) is 0 Å². The Morgan fingerprint density at radius 2 is 1.40 bits per heavy atom. The van der Waals surface area contributed by atoms with Crippen molar-refractivity contribution >= 4 is 17.2 Å². The lowest BCUT2D eigenvalue weighted by Gasteiger charge is -2.21. The van der Waals surface area contributed by atoms with Gasteiger partial charge < -0.3 is 24.7 Å². The molecule has 0 aliphatic rings. The first-order chi connectivity index (χ1) is 9.47. The predicted octanol–water partition coefficient (Wildman–Crippen LogP) is 0.608. The minimum atomic E-state index is -2.48. The number of rotatable bonds is 9. The van der Waals surface area contributed by atoms with Crippen LogP contribution in [-0.4, -0.2) is 49.6 Å². The third-order valence-electron chi connectivity index (χ3n) is 2.36. The van der Waals surface area contributed by atoms with Gasteiger partial charge in [-0.05, 0) is 24.1 Å². The van der Waals surface area contributed by atoms with E-state index in [1.165, 1.54) is 4.90 Å². The molecule has 0 saturated heterocycles. The number of benzene rings is 1. The summed E-state index contributed by atoms with van der Waals surface area (Å²) >= 11 is 0. The lowest BCUT2D eigenvalue weighted by atomic mass is 10.1. The fourth-order valence-corrected chi connectivity index (χ4v) is 1.92. The molecule has 10 heteroatoms. The second kappa shape index (κ2) is 9.52. The molecule has 1 aromatic carbocycles. The molecule has 114 valence electrons. The van der Waals surface area contributed by atoms with Crippen molar-refractivity contribution in [3.8, 4) is 5.75 Å². The standard InChI is InChI=1S/C10H17NO7P2/c12-10-3-1-9(2-4-10)5-6-11(7-17-19(13)14)8-18-20(15)16/h1-4,12-16H,5-8H2. The van der Waals surface area contributed by atoms with Gasteiger partial charge in [0, 0.05) is 6.54 Å². The minimum Gasteiger partial charge on any atom is -0.508 e. The van der Waals surface area contributed by atoms with Gasteiger partial charge in [-0.25, -0.2) is 0 Å². The topological polar surface area (TPSA) is 123 Å². The Labute approximate surface area is 118 Å². The fourth-order valence-electron chi connectivity index (χ4n) is 1.38. The zero-order chi connectivity index (χ0) is 15.0. The van der Waals surface area contributed by atoms with Crippen LogP contribution in [0.3, 0.4) is 0 Å². The predicted molar refractivity (Wildman–Crippen MR) is 73.1 cm³/mol. The number of phenolic OH excluding ortho intramolecular Hbond substituents is 1. The number of aromatic hydroxyl groups is 1. The van der Waals surface area contributed by atoms with E-state index in [2.05, 4.69) is 9.05 Å². The van der Waals surface area contributed by atoms with Crippen LogP contribution < -0.4 is 0 Å². The van der Waals surface area contributed by atoms with Crippen molar-refractivity contribution in [1.82, 2.24) is 4.90 Å². The molecule has 0 aliphatic heterocycles. The van der Waals surface area contributed by atoms with Gasteiger partial charge in [0.25, 0.3) is 0 Å². The van der Waals surface area contributed by atoms with E-state index < -0.39 is 17.2 Å². The van der Waals surface area contributed by atoms with Crippen LogP contribution in [0, 0.1) is 0 Å². The highest BCUT2D eigenvalue weighted by Crippen LogP contribution is 2.27. The summed E-state index contributed by atoms with van der Waals surface area (Å²) in [6, 6.07) is 6.64. The molecule has 20 heavy (non-hydrogen) atoms. The Kier molecular flexibility index (Phi) is 8.40. The molecule has 0 bridgehead atoms. The maximum Gasteiger partial charge on any atom is 0.328 e. The van der Waals surface area contributed by atoms with Crippen molar-refractivity contribution in [2.75, 3.05) is 20.0 Å². The molecular weight excluding hydrogens is 308 g/mol. The molecule has 1 rings (SSSR count). The largest absolute Gasteiger partial charge is 0.508 e. The molecule has 0 aromatic heterocycles. The third-order valence-corrected chi connectivity index (χ3v) is 3.06. The smallest absolute Gasteiger partial charge is 0.328 e. The molecule has 0 unspecified atom stereocenters. The van der Waals surface area contributed by atoms with Gasteiger partial charge in [0.2, 0.25) is 0 Å². The highest BCUT2D eigenvalue weighted by Gasteiger charge is 2.11. The summed E-state index contributed by atoms with van der Waals surface area (Å²) < 4.78 is 9.34. The number of phenols is 1. The Balaban J connectivity index is 2.43. The van der Waals surface area contributed by atoms with Crippen LogP contribution in [0.25, 0.3) is 0 Å². The van der Waals surface area contributed by atoms with Crippen LogP contribution in [0.15, 0.2) is 24.3 Å². The average Bonchev–Trinajstić information content (AvgIpc) is 2.39. The fraction of sp³-hybridized carbons (Fsp3) is 0.400. The Bertz CT molecular complexity index is 364. The van der Waals surface area contributed by atoms with Crippen LogP contribution in [0.4, 0.5) is 0 Å². The molecule has 0 fully saturated rings. The highest BCUT2D eigenvalue weighted by molar-refractivity contribution is 7.39. The van der Waals surface area contributed by atoms with Gasteiger partial charge in [-0.1, -0.05) is 12.1 Å². The van der Waals surface area contributed by atoms with Gasteiger partial charge >= 0.3 is 17.2 Å². The van der Waals surface area contributed by atoms with Gasteiger partial charge in [-0.15, -0.1) is 0 Å². The monoisotopic (exact) mass is 325 g/mol. The molecule has 0 spiro atoms. The average molecular weight is 325 g/mol. The van der Waals surface area contributed by atoms with Crippen LogP contribution >= 0.6 is 17.2 Å². The highest BCUT2D eigenvalue weighted by atomic mass is 31.2. The molecule has 0 radical (unpaired) electrons. The lowest BCUT2D eigenvalue weighted by Crippen LogP contribution is -2.29. The number of hydrogen-bond acceptors (Lipinski definition) is 8. The third kappa shape index (κ3) is 8.01. The molecular formula is C10H17NO7P2. The summed E-state index contributed by atoms with van der Waals surface area (Å²) in [5.41, 5.74) is 0.957. The summed E-state index contributed by atoms with van der Waals surface area (Å²) in [6.07, 6.45) is 0.594. The van der Waals surface area contributed by atoms with Gasteiger partial charge in [-0.3, -0.25) is 13.9 Å². The van der Waals surface area contributed by atoms with Crippen LogP contribution in [-0.2, 0) is 15.5 Å². The first-order valence-electron chi connectivity index (χ1n) is 5.59. The first kappa shape index (κ1) is 17.7. The van der Waals surface area contributed by atoms with Crippen molar-refractivity contribution in [3.63, 3.8) is 0 Å². The zero-order valence-electron chi connectivity index (χ0n) is 10.5. The van der Waals surface area contributed by atoms with Crippen molar-refractivity contribution in [1.29, 1.82) is 0 Å². The van der Waals surface area contributed by atoms with E-state index >= 15 is 0 Å². The maximum atomic E-state index is 9.17. The molecule has 8 nitrogen and oxygen atoms in total. The molecule has 0 atom stereocenters. The van der Waals surface area contributed by atoms with Gasteiger partial charge in [-0.2, -0.15) is 0 Å². The first-order valence-corrected chi connectivity index (χ1v) is 7.92. The van der Waals surface area contributed by atoms with Crippen molar-refractivity contribution in [3.05, 3.63) is 29.8 Å². The van der Waals surface area contributed by atoms with E-state index in [1.807, 2.05) is 0 Å². The van der Waals surface area contributed by atoms with E-state index in [1.54, 1.807) is 24.3 Å². The second-order valence-corrected chi connectivity index (χ2v) is 5.36. The lowest BCUT2D eigenvalue weighted by molar-refractivity contribution is 0.0429. The minimum absolute atomic E-state index is 0.111. The van der Waals surface area contributed by atoms with Gasteiger partial charge in [0.15, 0.2) is 0 Å². The Hall–Kier alpha value is -0.400. The van der Waals surface area contributed by atoms with Crippen molar-refractivity contribution in [2.24, 2.45) is 0 Å². The van der Waals surface area contributed by atoms with Crippen LogP contribution in [0.5, 0.6) is 5.75 Å². The van der Waals surface area contributed by atoms with Gasteiger partial charge in [0.05, 0.1) is 0 Å². The van der Waals surface area contributed by atoms with Crippen molar-refractivity contribution < 1.29 is 33.7 Å². The van der Waals surface area contributed by atoms with Crippen molar-refractivity contribution in [2.45, 2.75) is 6.42 Å². The maximum absolute atomic E-state index is 9.17. The zero-order valence-corrected chi connectivity index (χ0v) is 12.3. The quantitative estimate of drug-likeness (QED) is 0.330. The van der Waals surface area contributed by atoms with Gasteiger partial charge in [0.1, 0.15) is 19.2 Å². The normalized spacial score (nSPS) is 11.8. The molecule has 0 saturated carbocycles. The molecule has 0 amide bonds. The molecule has 0 heterocycles.